The van der Waals surface area contributed by atoms with Crippen LogP contribution in [0.1, 0.15) is 23.2 Å². The smallest absolute Gasteiger partial charge is 0.253 e. The van der Waals surface area contributed by atoms with Gasteiger partial charge in [0.25, 0.3) is 5.91 Å². The molecule has 0 saturated carbocycles. The van der Waals surface area contributed by atoms with Crippen molar-refractivity contribution in [1.82, 2.24) is 4.90 Å². The number of carbonyl (C=O) groups is 2. The third-order valence-corrected chi connectivity index (χ3v) is 3.95. The molecule has 0 spiro atoms. The highest BCUT2D eigenvalue weighted by Crippen LogP contribution is 2.29. The van der Waals surface area contributed by atoms with Gasteiger partial charge in [0.2, 0.25) is 5.91 Å². The average molecular weight is 318 g/mol. The van der Waals surface area contributed by atoms with Gasteiger partial charge in [-0.1, -0.05) is 12.7 Å². The molecular formula is C17H22N2O4. The number of likely N-dealkylation sites (tertiary alicyclic amines) is 1. The van der Waals surface area contributed by atoms with Gasteiger partial charge >= 0.3 is 0 Å². The Labute approximate surface area is 135 Å². The Bertz CT molecular complexity index is 592. The SMILES string of the molecule is C=CCOc1ccc(C(=O)N2CCC(C(N)=O)CC2)cc1OC. The van der Waals surface area contributed by atoms with Gasteiger partial charge in [-0.3, -0.25) is 9.59 Å². The molecule has 1 aromatic carbocycles. The second kappa shape index (κ2) is 7.67. The highest BCUT2D eigenvalue weighted by Gasteiger charge is 2.26. The van der Waals surface area contributed by atoms with Crippen LogP contribution in [0.25, 0.3) is 0 Å². The van der Waals surface area contributed by atoms with E-state index in [0.717, 1.165) is 0 Å². The van der Waals surface area contributed by atoms with Crippen LogP contribution in [-0.4, -0.2) is 43.5 Å². The van der Waals surface area contributed by atoms with Crippen LogP contribution in [-0.2, 0) is 4.79 Å². The van der Waals surface area contributed by atoms with Gasteiger partial charge in [0.05, 0.1) is 7.11 Å². The van der Waals surface area contributed by atoms with Gasteiger partial charge in [-0.2, -0.15) is 0 Å². The van der Waals surface area contributed by atoms with Crippen LogP contribution in [0.5, 0.6) is 11.5 Å². The molecule has 1 saturated heterocycles. The first-order valence-corrected chi connectivity index (χ1v) is 7.57. The molecule has 2 rings (SSSR count). The molecule has 0 aromatic heterocycles. The maximum absolute atomic E-state index is 12.6. The lowest BCUT2D eigenvalue weighted by molar-refractivity contribution is -0.123. The van der Waals surface area contributed by atoms with Gasteiger partial charge in [-0.25, -0.2) is 0 Å². The van der Waals surface area contributed by atoms with Crippen LogP contribution in [0, 0.1) is 5.92 Å². The van der Waals surface area contributed by atoms with Crippen molar-refractivity contribution in [3.05, 3.63) is 36.4 Å². The molecule has 124 valence electrons. The highest BCUT2D eigenvalue weighted by molar-refractivity contribution is 5.95. The highest BCUT2D eigenvalue weighted by atomic mass is 16.5. The second-order valence-corrected chi connectivity index (χ2v) is 5.43. The summed E-state index contributed by atoms with van der Waals surface area (Å²) in [4.78, 5) is 25.5. The van der Waals surface area contributed by atoms with Crippen LogP contribution in [0.2, 0.25) is 0 Å². The largest absolute Gasteiger partial charge is 0.493 e. The van der Waals surface area contributed by atoms with E-state index in [1.54, 1.807) is 29.2 Å². The average Bonchev–Trinajstić information content (AvgIpc) is 2.59. The van der Waals surface area contributed by atoms with Gasteiger partial charge in [-0.15, -0.1) is 0 Å². The van der Waals surface area contributed by atoms with Crippen LogP contribution in [0.15, 0.2) is 30.9 Å². The fourth-order valence-electron chi connectivity index (χ4n) is 2.62. The molecule has 6 heteroatoms. The Morgan fingerprint density at radius 3 is 2.61 bits per heavy atom. The maximum Gasteiger partial charge on any atom is 0.253 e. The van der Waals surface area contributed by atoms with E-state index >= 15 is 0 Å². The van der Waals surface area contributed by atoms with Gasteiger partial charge in [0.1, 0.15) is 6.61 Å². The van der Waals surface area contributed by atoms with Crippen LogP contribution >= 0.6 is 0 Å². The lowest BCUT2D eigenvalue weighted by atomic mass is 9.96. The number of rotatable bonds is 6. The fraction of sp³-hybridized carbons (Fsp3) is 0.412. The van der Waals surface area contributed by atoms with Crippen LogP contribution in [0.3, 0.4) is 0 Å². The van der Waals surface area contributed by atoms with Crippen molar-refractivity contribution in [3.63, 3.8) is 0 Å². The molecule has 2 amide bonds. The van der Waals surface area contributed by atoms with Gasteiger partial charge < -0.3 is 20.1 Å². The Balaban J connectivity index is 2.07. The van der Waals surface area contributed by atoms with Crippen molar-refractivity contribution in [2.75, 3.05) is 26.8 Å². The second-order valence-electron chi connectivity index (χ2n) is 5.43. The third-order valence-electron chi connectivity index (χ3n) is 3.95. The van der Waals surface area contributed by atoms with E-state index in [-0.39, 0.29) is 17.7 Å². The number of amides is 2. The summed E-state index contributed by atoms with van der Waals surface area (Å²) < 4.78 is 10.8. The van der Waals surface area contributed by atoms with E-state index in [1.165, 1.54) is 7.11 Å². The van der Waals surface area contributed by atoms with Gasteiger partial charge in [0, 0.05) is 24.6 Å². The molecule has 1 heterocycles. The Hall–Kier alpha value is -2.50. The van der Waals surface area contributed by atoms with E-state index < -0.39 is 0 Å². The summed E-state index contributed by atoms with van der Waals surface area (Å²) in [6, 6.07) is 5.09. The lowest BCUT2D eigenvalue weighted by Gasteiger charge is -2.30. The molecule has 0 radical (unpaired) electrons. The van der Waals surface area contributed by atoms with Crippen molar-refractivity contribution < 1.29 is 19.1 Å². The lowest BCUT2D eigenvalue weighted by Crippen LogP contribution is -2.41. The van der Waals surface area contributed by atoms with Crippen LogP contribution < -0.4 is 15.2 Å². The van der Waals surface area contributed by atoms with Gasteiger partial charge in [-0.05, 0) is 31.0 Å². The van der Waals surface area contributed by atoms with Crippen molar-refractivity contribution in [2.45, 2.75) is 12.8 Å². The first kappa shape index (κ1) is 16.9. The quantitative estimate of drug-likeness (QED) is 0.808. The monoisotopic (exact) mass is 318 g/mol. The summed E-state index contributed by atoms with van der Waals surface area (Å²) in [7, 11) is 1.53. The molecule has 6 nitrogen and oxygen atoms in total. The Kier molecular flexibility index (Phi) is 5.62. The molecule has 1 fully saturated rings. The molecule has 0 aliphatic carbocycles. The molecule has 1 aromatic rings. The minimum atomic E-state index is -0.289. The summed E-state index contributed by atoms with van der Waals surface area (Å²) in [6.45, 7) is 5.02. The number of ether oxygens (including phenoxy) is 2. The normalized spacial score (nSPS) is 15.1. The first-order valence-electron chi connectivity index (χ1n) is 7.57. The zero-order chi connectivity index (χ0) is 16.8. The molecule has 2 N–H and O–H groups in total. The Morgan fingerprint density at radius 2 is 2.04 bits per heavy atom. The summed E-state index contributed by atoms with van der Waals surface area (Å²) in [5, 5.41) is 0. The number of benzene rings is 1. The summed E-state index contributed by atoms with van der Waals surface area (Å²) in [5.74, 6) is 0.563. The summed E-state index contributed by atoms with van der Waals surface area (Å²) >= 11 is 0. The minimum absolute atomic E-state index is 0.0820. The van der Waals surface area contributed by atoms with E-state index in [0.29, 0.717) is 49.6 Å². The molecular weight excluding hydrogens is 296 g/mol. The number of primary amides is 1. The number of hydrogen-bond donors (Lipinski definition) is 1. The zero-order valence-electron chi connectivity index (χ0n) is 13.3. The molecule has 0 unspecified atom stereocenters. The predicted octanol–water partition coefficient (Wildman–Crippen LogP) is 1.60. The minimum Gasteiger partial charge on any atom is -0.493 e. The maximum atomic E-state index is 12.6. The molecule has 23 heavy (non-hydrogen) atoms. The molecule has 1 aliphatic rings. The number of nitrogens with zero attached hydrogens (tertiary/aromatic N) is 1. The molecule has 0 atom stereocenters. The van der Waals surface area contributed by atoms with Crippen molar-refractivity contribution in [3.8, 4) is 11.5 Å². The van der Waals surface area contributed by atoms with Crippen molar-refractivity contribution in [1.29, 1.82) is 0 Å². The molecule has 1 aliphatic heterocycles. The Morgan fingerprint density at radius 1 is 1.35 bits per heavy atom. The van der Waals surface area contributed by atoms with Gasteiger partial charge in [0.15, 0.2) is 11.5 Å². The standard InChI is InChI=1S/C17H22N2O4/c1-3-10-23-14-5-4-13(11-15(14)22-2)17(21)19-8-6-12(7-9-19)16(18)20/h3-5,11-12H,1,6-10H2,2H3,(H2,18,20). The van der Waals surface area contributed by atoms with Crippen molar-refractivity contribution in [2.24, 2.45) is 11.7 Å². The van der Waals surface area contributed by atoms with E-state index in [2.05, 4.69) is 6.58 Å². The summed E-state index contributed by atoms with van der Waals surface area (Å²) in [5.41, 5.74) is 5.85. The topological polar surface area (TPSA) is 81.9 Å². The number of nitrogens with two attached hydrogens (primary N) is 1. The number of piperidine rings is 1. The number of hydrogen-bond acceptors (Lipinski definition) is 4. The third kappa shape index (κ3) is 4.03. The fourth-order valence-corrected chi connectivity index (χ4v) is 2.62. The van der Waals surface area contributed by atoms with E-state index in [4.69, 9.17) is 15.2 Å². The molecule has 0 bridgehead atoms. The predicted molar refractivity (Wildman–Crippen MR) is 86.5 cm³/mol. The zero-order valence-corrected chi connectivity index (χ0v) is 13.3. The summed E-state index contributed by atoms with van der Waals surface area (Å²) in [6.07, 6.45) is 2.86. The van der Waals surface area contributed by atoms with Crippen molar-refractivity contribution >= 4 is 11.8 Å². The van der Waals surface area contributed by atoms with E-state index in [1.807, 2.05) is 0 Å². The van der Waals surface area contributed by atoms with E-state index in [9.17, 15) is 9.59 Å². The number of carbonyl (C=O) groups excluding carboxylic acids is 2. The first-order chi connectivity index (χ1) is 11.1. The number of methoxy groups -OCH3 is 1. The van der Waals surface area contributed by atoms with Crippen LogP contribution in [0.4, 0.5) is 0 Å².